The molecule has 0 aromatic rings. The predicted octanol–water partition coefficient (Wildman–Crippen LogP) is 1.19. The molecule has 2 aliphatic rings. The van der Waals surface area contributed by atoms with Gasteiger partial charge in [0.05, 0.1) is 12.1 Å². The third kappa shape index (κ3) is 3.47. The summed E-state index contributed by atoms with van der Waals surface area (Å²) in [5.74, 6) is 0.244. The molecule has 1 unspecified atom stereocenters. The highest BCUT2D eigenvalue weighted by atomic mass is 16.3. The first kappa shape index (κ1) is 17.7. The number of likely N-dealkylation sites (tertiary alicyclic amines) is 1. The molecule has 2 rings (SSSR count). The molecular weight excluding hydrogens is 278 g/mol. The molecule has 0 radical (unpaired) electrons. The molecule has 1 saturated heterocycles. The molecule has 128 valence electrons. The summed E-state index contributed by atoms with van der Waals surface area (Å²) in [5, 5.41) is 10.5. The van der Waals surface area contributed by atoms with Crippen molar-refractivity contribution >= 4 is 5.91 Å². The van der Waals surface area contributed by atoms with Crippen molar-refractivity contribution in [1.29, 1.82) is 0 Å². The van der Waals surface area contributed by atoms with Gasteiger partial charge in [0.2, 0.25) is 5.91 Å². The van der Waals surface area contributed by atoms with E-state index in [1.54, 1.807) is 0 Å². The number of aliphatic hydroxyl groups is 1. The quantitative estimate of drug-likeness (QED) is 0.800. The van der Waals surface area contributed by atoms with Crippen LogP contribution in [0.15, 0.2) is 0 Å². The summed E-state index contributed by atoms with van der Waals surface area (Å²) in [6, 6.07) is 0.819. The van der Waals surface area contributed by atoms with E-state index in [1.165, 1.54) is 0 Å². The Morgan fingerprint density at radius 2 is 2.05 bits per heavy atom. The van der Waals surface area contributed by atoms with Crippen LogP contribution in [0.3, 0.4) is 0 Å². The average Bonchev–Trinajstić information content (AvgIpc) is 2.84. The third-order valence-electron chi connectivity index (χ3n) is 5.82. The van der Waals surface area contributed by atoms with Crippen molar-refractivity contribution in [3.8, 4) is 0 Å². The van der Waals surface area contributed by atoms with E-state index in [0.717, 1.165) is 38.6 Å². The Hall–Kier alpha value is -0.650. The van der Waals surface area contributed by atoms with Crippen LogP contribution < -0.4 is 5.73 Å². The molecule has 3 N–H and O–H groups in total. The summed E-state index contributed by atoms with van der Waals surface area (Å²) in [6.45, 7) is 7.19. The van der Waals surface area contributed by atoms with Crippen LogP contribution in [-0.4, -0.2) is 64.7 Å². The molecule has 22 heavy (non-hydrogen) atoms. The Morgan fingerprint density at radius 1 is 1.36 bits per heavy atom. The summed E-state index contributed by atoms with van der Waals surface area (Å²) < 4.78 is 0. The average molecular weight is 311 g/mol. The molecule has 0 bridgehead atoms. The second-order valence-corrected chi connectivity index (χ2v) is 7.36. The standard InChI is InChI=1S/C17H33N3O2/c1-5-16(21)13-10-12(19(4)11(2)3)6-7-15(13)20-9-8-14(18)17(20)22/h11-16,21H,5-10,18H2,1-4H3/t12-,13-,14+,15+,16?/m1/s1. The van der Waals surface area contributed by atoms with Crippen molar-refractivity contribution in [3.05, 3.63) is 0 Å². The van der Waals surface area contributed by atoms with Crippen molar-refractivity contribution < 1.29 is 9.90 Å². The molecule has 1 aliphatic carbocycles. The molecular formula is C17H33N3O2. The third-order valence-corrected chi connectivity index (χ3v) is 5.82. The number of nitrogens with zero attached hydrogens (tertiary/aromatic N) is 2. The zero-order valence-corrected chi connectivity index (χ0v) is 14.5. The molecule has 5 atom stereocenters. The minimum Gasteiger partial charge on any atom is -0.393 e. The first-order chi connectivity index (χ1) is 10.4. The van der Waals surface area contributed by atoms with Gasteiger partial charge >= 0.3 is 0 Å². The Balaban J connectivity index is 2.12. The fourth-order valence-electron chi connectivity index (χ4n) is 4.12. The largest absolute Gasteiger partial charge is 0.393 e. The summed E-state index contributed by atoms with van der Waals surface area (Å²) >= 11 is 0. The molecule has 0 aromatic heterocycles. The van der Waals surface area contributed by atoms with E-state index in [0.29, 0.717) is 12.1 Å². The van der Waals surface area contributed by atoms with Crippen LogP contribution >= 0.6 is 0 Å². The second-order valence-electron chi connectivity index (χ2n) is 7.36. The van der Waals surface area contributed by atoms with E-state index in [-0.39, 0.29) is 30.0 Å². The normalized spacial score (nSPS) is 34.7. The van der Waals surface area contributed by atoms with Crippen LogP contribution in [0.5, 0.6) is 0 Å². The van der Waals surface area contributed by atoms with E-state index in [4.69, 9.17) is 5.73 Å². The SMILES string of the molecule is CCC(O)[C@@H]1C[C@H](N(C)C(C)C)CC[C@@H]1N1CC[C@H](N)C1=O. The molecule has 0 aromatic carbocycles. The van der Waals surface area contributed by atoms with E-state index >= 15 is 0 Å². The lowest BCUT2D eigenvalue weighted by Gasteiger charge is -2.46. The van der Waals surface area contributed by atoms with Crippen LogP contribution in [-0.2, 0) is 4.79 Å². The van der Waals surface area contributed by atoms with Gasteiger partial charge in [-0.3, -0.25) is 4.79 Å². The zero-order valence-electron chi connectivity index (χ0n) is 14.5. The summed E-state index contributed by atoms with van der Waals surface area (Å²) in [4.78, 5) is 16.7. The molecule has 1 aliphatic heterocycles. The van der Waals surface area contributed by atoms with Gasteiger partial charge in [0, 0.05) is 30.6 Å². The smallest absolute Gasteiger partial charge is 0.239 e. The van der Waals surface area contributed by atoms with Gasteiger partial charge in [-0.25, -0.2) is 0 Å². The van der Waals surface area contributed by atoms with Gasteiger partial charge in [-0.1, -0.05) is 6.92 Å². The summed E-state index contributed by atoms with van der Waals surface area (Å²) in [6.07, 6.45) is 4.19. The highest BCUT2D eigenvalue weighted by molar-refractivity contribution is 5.84. The van der Waals surface area contributed by atoms with E-state index in [9.17, 15) is 9.90 Å². The summed E-state index contributed by atoms with van der Waals surface area (Å²) in [5.41, 5.74) is 5.88. The van der Waals surface area contributed by atoms with Crippen molar-refractivity contribution in [1.82, 2.24) is 9.80 Å². The Labute approximate surface area is 134 Å². The van der Waals surface area contributed by atoms with Gasteiger partial charge in [0.1, 0.15) is 0 Å². The maximum absolute atomic E-state index is 12.3. The van der Waals surface area contributed by atoms with Gasteiger partial charge in [-0.2, -0.15) is 0 Å². The molecule has 1 heterocycles. The number of amides is 1. The summed E-state index contributed by atoms with van der Waals surface area (Å²) in [7, 11) is 2.17. The Bertz CT molecular complexity index is 388. The highest BCUT2D eigenvalue weighted by Crippen LogP contribution is 2.36. The Kier molecular flexibility index (Phi) is 5.86. The number of aliphatic hydroxyl groups excluding tert-OH is 1. The monoisotopic (exact) mass is 311 g/mol. The fraction of sp³-hybridized carbons (Fsp3) is 0.941. The Morgan fingerprint density at radius 3 is 2.55 bits per heavy atom. The number of nitrogens with two attached hydrogens (primary N) is 1. The minimum absolute atomic E-state index is 0.0777. The lowest BCUT2D eigenvalue weighted by atomic mass is 9.76. The predicted molar refractivity (Wildman–Crippen MR) is 88.4 cm³/mol. The van der Waals surface area contributed by atoms with Crippen molar-refractivity contribution in [2.45, 2.75) is 83.1 Å². The molecule has 1 amide bonds. The lowest BCUT2D eigenvalue weighted by molar-refractivity contribution is -0.134. The topological polar surface area (TPSA) is 69.8 Å². The molecule has 1 saturated carbocycles. The van der Waals surface area contributed by atoms with Gasteiger partial charge in [0.15, 0.2) is 0 Å². The van der Waals surface area contributed by atoms with Gasteiger partial charge in [-0.15, -0.1) is 0 Å². The number of carbonyl (C=O) groups excluding carboxylic acids is 1. The van der Waals surface area contributed by atoms with Crippen molar-refractivity contribution in [2.75, 3.05) is 13.6 Å². The molecule has 0 spiro atoms. The number of hydrogen-bond acceptors (Lipinski definition) is 4. The number of carbonyl (C=O) groups is 1. The van der Waals surface area contributed by atoms with Gasteiger partial charge in [-0.05, 0) is 53.0 Å². The van der Waals surface area contributed by atoms with Crippen LogP contribution in [0.1, 0.15) is 52.9 Å². The molecule has 5 nitrogen and oxygen atoms in total. The van der Waals surface area contributed by atoms with E-state index in [2.05, 4.69) is 25.8 Å². The highest BCUT2D eigenvalue weighted by Gasteiger charge is 2.43. The fourth-order valence-corrected chi connectivity index (χ4v) is 4.12. The minimum atomic E-state index is -0.338. The van der Waals surface area contributed by atoms with E-state index in [1.807, 2.05) is 11.8 Å². The van der Waals surface area contributed by atoms with Crippen LogP contribution in [0.4, 0.5) is 0 Å². The van der Waals surface area contributed by atoms with Gasteiger partial charge < -0.3 is 20.6 Å². The van der Waals surface area contributed by atoms with Crippen molar-refractivity contribution in [2.24, 2.45) is 11.7 Å². The lowest BCUT2D eigenvalue weighted by Crippen LogP contribution is -2.53. The number of hydrogen-bond donors (Lipinski definition) is 2. The molecule has 5 heteroatoms. The first-order valence-corrected chi connectivity index (χ1v) is 8.82. The van der Waals surface area contributed by atoms with Crippen LogP contribution in [0, 0.1) is 5.92 Å². The molecule has 2 fully saturated rings. The van der Waals surface area contributed by atoms with Gasteiger partial charge in [0.25, 0.3) is 0 Å². The maximum atomic E-state index is 12.3. The first-order valence-electron chi connectivity index (χ1n) is 8.82. The van der Waals surface area contributed by atoms with E-state index < -0.39 is 0 Å². The second kappa shape index (κ2) is 7.28. The zero-order chi connectivity index (χ0) is 16.4. The van der Waals surface area contributed by atoms with Crippen molar-refractivity contribution in [3.63, 3.8) is 0 Å². The number of rotatable bonds is 5. The van der Waals surface area contributed by atoms with Crippen LogP contribution in [0.25, 0.3) is 0 Å². The maximum Gasteiger partial charge on any atom is 0.239 e. The van der Waals surface area contributed by atoms with Crippen LogP contribution in [0.2, 0.25) is 0 Å².